The fraction of sp³-hybridized carbons (Fsp3) is 0.208. The van der Waals surface area contributed by atoms with Gasteiger partial charge in [-0.1, -0.05) is 30.3 Å². The highest BCUT2D eigenvalue weighted by molar-refractivity contribution is 5.72. The summed E-state index contributed by atoms with van der Waals surface area (Å²) in [5, 5.41) is 9.04. The first kappa shape index (κ1) is 21.2. The molecule has 3 aromatic carbocycles. The standard InChI is InChI=1S/C24H24O6/c1-27-23(24(25)26)17-18-7-9-19(10-8-18)28-15-16-29-20-11-13-22(14-12-20)30-21-5-3-2-4-6-21/h2-14,23H,15-17H2,1H3,(H,25,26)/t23-/m0/s1. The van der Waals surface area contributed by atoms with Crippen molar-refractivity contribution >= 4 is 5.97 Å². The molecule has 0 spiro atoms. The molecule has 0 fully saturated rings. The fourth-order valence-corrected chi connectivity index (χ4v) is 2.75. The third-order valence-electron chi connectivity index (χ3n) is 4.33. The number of aliphatic carboxylic acids is 1. The lowest BCUT2D eigenvalue weighted by Gasteiger charge is -2.12. The normalized spacial score (nSPS) is 11.5. The van der Waals surface area contributed by atoms with Crippen molar-refractivity contribution in [1.29, 1.82) is 0 Å². The van der Waals surface area contributed by atoms with E-state index in [9.17, 15) is 4.79 Å². The molecule has 30 heavy (non-hydrogen) atoms. The predicted molar refractivity (Wildman–Crippen MR) is 113 cm³/mol. The number of rotatable bonds is 11. The Morgan fingerprint density at radius 3 is 1.80 bits per heavy atom. The number of ether oxygens (including phenoxy) is 4. The van der Waals surface area contributed by atoms with Gasteiger partial charge in [-0.3, -0.25) is 0 Å². The molecule has 3 rings (SSSR count). The van der Waals surface area contributed by atoms with Crippen LogP contribution in [0.25, 0.3) is 0 Å². The highest BCUT2D eigenvalue weighted by Crippen LogP contribution is 2.23. The molecule has 0 saturated carbocycles. The minimum absolute atomic E-state index is 0.305. The Bertz CT molecular complexity index is 907. The van der Waals surface area contributed by atoms with Crippen molar-refractivity contribution in [2.24, 2.45) is 0 Å². The molecule has 0 heterocycles. The van der Waals surface area contributed by atoms with Gasteiger partial charge in [0, 0.05) is 13.5 Å². The van der Waals surface area contributed by atoms with E-state index in [2.05, 4.69) is 0 Å². The highest BCUT2D eigenvalue weighted by Gasteiger charge is 2.16. The average Bonchev–Trinajstić information content (AvgIpc) is 2.77. The van der Waals surface area contributed by atoms with Crippen LogP contribution in [0.2, 0.25) is 0 Å². The Morgan fingerprint density at radius 2 is 1.27 bits per heavy atom. The lowest BCUT2D eigenvalue weighted by atomic mass is 10.1. The Kier molecular flexibility index (Phi) is 7.69. The van der Waals surface area contributed by atoms with Gasteiger partial charge in [-0.2, -0.15) is 0 Å². The molecule has 0 aliphatic heterocycles. The molecule has 6 nitrogen and oxygen atoms in total. The van der Waals surface area contributed by atoms with Crippen molar-refractivity contribution in [2.75, 3.05) is 20.3 Å². The molecule has 6 heteroatoms. The maximum Gasteiger partial charge on any atom is 0.333 e. The van der Waals surface area contributed by atoms with Crippen LogP contribution in [0.4, 0.5) is 0 Å². The monoisotopic (exact) mass is 408 g/mol. The maximum absolute atomic E-state index is 11.0. The van der Waals surface area contributed by atoms with E-state index >= 15 is 0 Å². The van der Waals surface area contributed by atoms with Gasteiger partial charge in [0.15, 0.2) is 6.10 Å². The molecule has 0 unspecified atom stereocenters. The SMILES string of the molecule is CO[C@@H](Cc1ccc(OCCOc2ccc(Oc3ccccc3)cc2)cc1)C(=O)O. The molecular formula is C24H24O6. The second kappa shape index (κ2) is 10.9. The summed E-state index contributed by atoms with van der Waals surface area (Å²) < 4.78 is 22.1. The lowest BCUT2D eigenvalue weighted by molar-refractivity contribution is -0.148. The average molecular weight is 408 g/mol. The smallest absolute Gasteiger partial charge is 0.333 e. The summed E-state index contributed by atoms with van der Waals surface area (Å²) in [5.74, 6) is 1.97. The zero-order chi connectivity index (χ0) is 21.2. The Labute approximate surface area is 175 Å². The molecule has 0 aliphatic rings. The van der Waals surface area contributed by atoms with Crippen molar-refractivity contribution in [3.63, 3.8) is 0 Å². The van der Waals surface area contributed by atoms with E-state index < -0.39 is 12.1 Å². The van der Waals surface area contributed by atoms with Crippen LogP contribution in [0.15, 0.2) is 78.9 Å². The number of carboxylic acid groups (broad SMARTS) is 1. The summed E-state index contributed by atoms with van der Waals surface area (Å²) in [5.41, 5.74) is 0.866. The van der Waals surface area contributed by atoms with Gasteiger partial charge >= 0.3 is 5.97 Å². The highest BCUT2D eigenvalue weighted by atomic mass is 16.5. The van der Waals surface area contributed by atoms with Crippen LogP contribution >= 0.6 is 0 Å². The number of carbonyl (C=O) groups is 1. The summed E-state index contributed by atoms with van der Waals surface area (Å²) in [6, 6.07) is 24.3. The van der Waals surface area contributed by atoms with E-state index in [-0.39, 0.29) is 0 Å². The van der Waals surface area contributed by atoms with Crippen molar-refractivity contribution in [3.8, 4) is 23.0 Å². The summed E-state index contributed by atoms with van der Waals surface area (Å²) in [4.78, 5) is 11.0. The molecule has 156 valence electrons. The zero-order valence-electron chi connectivity index (χ0n) is 16.7. The van der Waals surface area contributed by atoms with Crippen molar-refractivity contribution in [1.82, 2.24) is 0 Å². The number of benzene rings is 3. The number of carboxylic acids is 1. The van der Waals surface area contributed by atoms with Gasteiger partial charge in [0.2, 0.25) is 0 Å². The number of hydrogen-bond acceptors (Lipinski definition) is 5. The first-order valence-corrected chi connectivity index (χ1v) is 9.57. The topological polar surface area (TPSA) is 74.2 Å². The first-order chi connectivity index (χ1) is 14.6. The van der Waals surface area contributed by atoms with Crippen molar-refractivity contribution < 1.29 is 28.8 Å². The summed E-state index contributed by atoms with van der Waals surface area (Å²) in [6.07, 6.45) is -0.547. The molecule has 3 aromatic rings. The quantitative estimate of drug-likeness (QED) is 0.468. The molecule has 0 amide bonds. The Morgan fingerprint density at radius 1 is 0.767 bits per heavy atom. The van der Waals surface area contributed by atoms with Crippen LogP contribution in [-0.2, 0) is 16.0 Å². The lowest BCUT2D eigenvalue weighted by Crippen LogP contribution is -2.24. The summed E-state index contributed by atoms with van der Waals surface area (Å²) in [6.45, 7) is 0.781. The van der Waals surface area contributed by atoms with Crippen LogP contribution in [0.1, 0.15) is 5.56 Å². The van der Waals surface area contributed by atoms with Gasteiger partial charge in [0.05, 0.1) is 0 Å². The number of hydrogen-bond donors (Lipinski definition) is 1. The Hall–Kier alpha value is -3.51. The minimum atomic E-state index is -0.977. The molecule has 0 aliphatic carbocycles. The molecular weight excluding hydrogens is 384 g/mol. The van der Waals surface area contributed by atoms with Crippen molar-refractivity contribution in [3.05, 3.63) is 84.4 Å². The van der Waals surface area contributed by atoms with Gasteiger partial charge in [-0.15, -0.1) is 0 Å². The van der Waals surface area contributed by atoms with Crippen LogP contribution in [-0.4, -0.2) is 37.5 Å². The van der Waals surface area contributed by atoms with E-state index in [1.807, 2.05) is 66.7 Å². The van der Waals surface area contributed by atoms with Gasteiger partial charge in [0.1, 0.15) is 36.2 Å². The molecule has 1 atom stereocenters. The maximum atomic E-state index is 11.0. The Balaban J connectivity index is 1.40. The van der Waals surface area contributed by atoms with Crippen LogP contribution in [0.3, 0.4) is 0 Å². The first-order valence-electron chi connectivity index (χ1n) is 9.57. The van der Waals surface area contributed by atoms with Gasteiger partial charge in [-0.25, -0.2) is 4.79 Å². The van der Waals surface area contributed by atoms with E-state index in [1.165, 1.54) is 7.11 Å². The largest absolute Gasteiger partial charge is 0.490 e. The number of methoxy groups -OCH3 is 1. The molecule has 0 radical (unpaired) electrons. The molecule has 0 saturated heterocycles. The fourth-order valence-electron chi connectivity index (χ4n) is 2.75. The zero-order valence-corrected chi connectivity index (χ0v) is 16.7. The van der Waals surface area contributed by atoms with Crippen LogP contribution < -0.4 is 14.2 Å². The second-order valence-electron chi connectivity index (χ2n) is 6.49. The molecule has 1 N–H and O–H groups in total. The van der Waals surface area contributed by atoms with Gasteiger partial charge in [-0.05, 0) is 54.1 Å². The minimum Gasteiger partial charge on any atom is -0.490 e. The number of para-hydroxylation sites is 1. The van der Waals surface area contributed by atoms with E-state index in [4.69, 9.17) is 24.1 Å². The second-order valence-corrected chi connectivity index (χ2v) is 6.49. The van der Waals surface area contributed by atoms with Crippen LogP contribution in [0, 0.1) is 0 Å². The van der Waals surface area contributed by atoms with E-state index in [1.54, 1.807) is 12.1 Å². The van der Waals surface area contributed by atoms with E-state index in [0.717, 1.165) is 22.8 Å². The van der Waals surface area contributed by atoms with Gasteiger partial charge in [0.25, 0.3) is 0 Å². The van der Waals surface area contributed by atoms with Crippen LogP contribution in [0.5, 0.6) is 23.0 Å². The third-order valence-corrected chi connectivity index (χ3v) is 4.33. The van der Waals surface area contributed by atoms with E-state index in [0.29, 0.717) is 25.4 Å². The predicted octanol–water partition coefficient (Wildman–Crippen LogP) is 4.58. The van der Waals surface area contributed by atoms with Gasteiger partial charge < -0.3 is 24.1 Å². The van der Waals surface area contributed by atoms with Crippen molar-refractivity contribution in [2.45, 2.75) is 12.5 Å². The third kappa shape index (κ3) is 6.53. The summed E-state index contributed by atoms with van der Waals surface area (Å²) >= 11 is 0. The molecule has 0 bridgehead atoms. The molecule has 0 aromatic heterocycles. The summed E-state index contributed by atoms with van der Waals surface area (Å²) in [7, 11) is 1.39.